The van der Waals surface area contributed by atoms with Crippen LogP contribution in [-0.2, 0) is 21.2 Å². The van der Waals surface area contributed by atoms with E-state index in [0.29, 0.717) is 5.92 Å². The molecule has 1 N–H and O–H groups in total. The van der Waals surface area contributed by atoms with E-state index in [1.54, 1.807) is 12.1 Å². The zero-order valence-corrected chi connectivity index (χ0v) is 24.9. The van der Waals surface area contributed by atoms with Crippen molar-refractivity contribution < 1.29 is 27.1 Å². The quantitative estimate of drug-likeness (QED) is 0.234. The zero-order chi connectivity index (χ0) is 29.4. The Balaban J connectivity index is 1.72. The molecule has 0 bridgehead atoms. The fourth-order valence-corrected chi connectivity index (χ4v) is 6.07. The van der Waals surface area contributed by atoms with Crippen molar-refractivity contribution in [3.63, 3.8) is 0 Å². The van der Waals surface area contributed by atoms with Crippen LogP contribution in [-0.4, -0.2) is 20.0 Å². The summed E-state index contributed by atoms with van der Waals surface area (Å²) in [5, 5.41) is 0.101. The van der Waals surface area contributed by atoms with Gasteiger partial charge in [0.05, 0.1) is 15.7 Å². The number of Topliss-reactive ketones (excluding diaryl/α,β-unsaturated/α-hetero) is 2. The van der Waals surface area contributed by atoms with Crippen molar-refractivity contribution in [2.75, 3.05) is 4.72 Å². The number of halogens is 3. The Labute approximate surface area is 243 Å². The summed E-state index contributed by atoms with van der Waals surface area (Å²) in [7, 11) is -4.21. The molecule has 0 atom stereocenters. The minimum Gasteiger partial charge on any atom is -0.453 e. The van der Waals surface area contributed by atoms with Gasteiger partial charge in [-0.1, -0.05) is 50.0 Å². The molecule has 0 unspecified atom stereocenters. The smallest absolute Gasteiger partial charge is 0.263 e. The Hall–Kier alpha value is -2.94. The van der Waals surface area contributed by atoms with Crippen LogP contribution in [0.3, 0.4) is 0 Å². The van der Waals surface area contributed by atoms with Crippen molar-refractivity contribution in [1.29, 1.82) is 0 Å². The van der Waals surface area contributed by atoms with Crippen LogP contribution in [0, 0.1) is 11.2 Å². The molecule has 6 nitrogen and oxygen atoms in total. The molecule has 0 aromatic heterocycles. The number of ether oxygens (including phenoxy) is 1. The van der Waals surface area contributed by atoms with Gasteiger partial charge in [-0.2, -0.15) is 0 Å². The standard InChI is InChI=1S/C30H30Cl2FNO5S/c1-17(35)11-21-13-22(31)28(15-24(21)33)39-27-9-7-20(26(36)16-30(2,3)4)14-25(27)34-40(37,38)29-10-8-19(12-23(29)32)18-5-6-18/h7-10,12-15,18,34H,5-6,11,16H2,1-4H3. The number of sulfonamides is 1. The molecule has 0 heterocycles. The molecule has 1 fully saturated rings. The summed E-state index contributed by atoms with van der Waals surface area (Å²) in [6.45, 7) is 7.10. The molecule has 1 aliphatic carbocycles. The Morgan fingerprint density at radius 3 is 2.30 bits per heavy atom. The molecule has 1 saturated carbocycles. The van der Waals surface area contributed by atoms with Gasteiger partial charge in [0.15, 0.2) is 11.5 Å². The molecular formula is C30H30Cl2FNO5S. The molecule has 1 aliphatic rings. The van der Waals surface area contributed by atoms with Crippen LogP contribution < -0.4 is 9.46 Å². The molecule has 10 heteroatoms. The number of ketones is 2. The highest BCUT2D eigenvalue weighted by Gasteiger charge is 2.27. The number of carbonyl (C=O) groups is 2. The number of hydrogen-bond acceptors (Lipinski definition) is 5. The van der Waals surface area contributed by atoms with Gasteiger partial charge in [-0.25, -0.2) is 12.8 Å². The first kappa shape index (κ1) is 30.0. The van der Waals surface area contributed by atoms with Gasteiger partial charge in [0.2, 0.25) is 0 Å². The fraction of sp³-hybridized carbons (Fsp3) is 0.333. The van der Waals surface area contributed by atoms with E-state index in [1.807, 2.05) is 20.8 Å². The van der Waals surface area contributed by atoms with Gasteiger partial charge in [0.25, 0.3) is 10.0 Å². The van der Waals surface area contributed by atoms with Gasteiger partial charge < -0.3 is 4.74 Å². The number of hydrogen-bond donors (Lipinski definition) is 1. The van der Waals surface area contributed by atoms with Gasteiger partial charge in [-0.15, -0.1) is 0 Å². The molecule has 3 aromatic carbocycles. The minimum atomic E-state index is -4.21. The third-order valence-corrected chi connectivity index (χ3v) is 8.43. The highest BCUT2D eigenvalue weighted by molar-refractivity contribution is 7.92. The zero-order valence-electron chi connectivity index (χ0n) is 22.6. The molecule has 3 aromatic rings. The summed E-state index contributed by atoms with van der Waals surface area (Å²) in [4.78, 5) is 24.3. The number of nitrogens with one attached hydrogen (secondary N) is 1. The fourth-order valence-electron chi connectivity index (χ4n) is 4.23. The molecule has 0 radical (unpaired) electrons. The number of benzene rings is 3. The van der Waals surface area contributed by atoms with Gasteiger partial charge >= 0.3 is 0 Å². The third-order valence-electron chi connectivity index (χ3n) is 6.29. The summed E-state index contributed by atoms with van der Waals surface area (Å²) >= 11 is 12.7. The average molecular weight is 607 g/mol. The lowest BCUT2D eigenvalue weighted by atomic mass is 9.88. The first-order chi connectivity index (χ1) is 18.6. The molecule has 0 aliphatic heterocycles. The second kappa shape index (κ2) is 11.5. The molecule has 4 rings (SSSR count). The molecule has 0 spiro atoms. The van der Waals surface area contributed by atoms with Crippen molar-refractivity contribution in [2.24, 2.45) is 5.41 Å². The monoisotopic (exact) mass is 605 g/mol. The third kappa shape index (κ3) is 7.42. The lowest BCUT2D eigenvalue weighted by Gasteiger charge is -2.19. The minimum absolute atomic E-state index is 0.0118. The number of anilines is 1. The normalized spacial score (nSPS) is 13.7. The summed E-state index contributed by atoms with van der Waals surface area (Å²) in [5.74, 6) is -0.839. The van der Waals surface area contributed by atoms with Crippen molar-refractivity contribution >= 4 is 50.5 Å². The SMILES string of the molecule is CC(=O)Cc1cc(Cl)c(Oc2ccc(C(=O)CC(C)(C)C)cc2NS(=O)(=O)c2ccc(C3CC3)cc2Cl)cc1F. The van der Waals surface area contributed by atoms with E-state index < -0.39 is 15.8 Å². The Kier molecular flexibility index (Phi) is 8.64. The van der Waals surface area contributed by atoms with Crippen molar-refractivity contribution in [1.82, 2.24) is 0 Å². The molecule has 0 saturated heterocycles. The van der Waals surface area contributed by atoms with Crippen molar-refractivity contribution in [2.45, 2.75) is 64.2 Å². The summed E-state index contributed by atoms with van der Waals surface area (Å²) in [6.07, 6.45) is 2.16. The highest BCUT2D eigenvalue weighted by Crippen LogP contribution is 2.42. The van der Waals surface area contributed by atoms with E-state index in [-0.39, 0.29) is 73.1 Å². The number of carbonyl (C=O) groups excluding carboxylic acids is 2. The van der Waals surface area contributed by atoms with E-state index in [2.05, 4.69) is 4.72 Å². The van der Waals surface area contributed by atoms with Gasteiger partial charge in [0, 0.05) is 24.5 Å². The lowest BCUT2D eigenvalue weighted by Crippen LogP contribution is -2.16. The average Bonchev–Trinajstić information content (AvgIpc) is 3.67. The first-order valence-corrected chi connectivity index (χ1v) is 15.0. The summed E-state index contributed by atoms with van der Waals surface area (Å²) in [5.41, 5.74) is 1.01. The van der Waals surface area contributed by atoms with Crippen LogP contribution in [0.15, 0.2) is 53.4 Å². The predicted molar refractivity (Wildman–Crippen MR) is 155 cm³/mol. The van der Waals surface area contributed by atoms with E-state index >= 15 is 0 Å². The van der Waals surface area contributed by atoms with Gasteiger partial charge in [0.1, 0.15) is 22.2 Å². The predicted octanol–water partition coefficient (Wildman–Crippen LogP) is 8.35. The van der Waals surface area contributed by atoms with Gasteiger partial charge in [-0.3, -0.25) is 14.3 Å². The van der Waals surface area contributed by atoms with Crippen LogP contribution in [0.5, 0.6) is 11.5 Å². The maximum atomic E-state index is 14.7. The van der Waals surface area contributed by atoms with Crippen LogP contribution in [0.1, 0.15) is 74.4 Å². The highest BCUT2D eigenvalue weighted by atomic mass is 35.5. The second-order valence-electron chi connectivity index (χ2n) is 11.3. The van der Waals surface area contributed by atoms with Gasteiger partial charge in [-0.05, 0) is 78.6 Å². The van der Waals surface area contributed by atoms with E-state index in [9.17, 15) is 22.4 Å². The Morgan fingerprint density at radius 2 is 1.70 bits per heavy atom. The largest absolute Gasteiger partial charge is 0.453 e. The van der Waals surface area contributed by atoms with Crippen LogP contribution in [0.25, 0.3) is 0 Å². The maximum absolute atomic E-state index is 14.7. The molecular weight excluding hydrogens is 576 g/mol. The first-order valence-electron chi connectivity index (χ1n) is 12.8. The lowest BCUT2D eigenvalue weighted by molar-refractivity contribution is -0.116. The second-order valence-corrected chi connectivity index (χ2v) is 13.8. The van der Waals surface area contributed by atoms with Crippen molar-refractivity contribution in [3.05, 3.63) is 81.1 Å². The molecule has 40 heavy (non-hydrogen) atoms. The maximum Gasteiger partial charge on any atom is 0.263 e. The van der Waals surface area contributed by atoms with E-state index in [1.165, 1.54) is 37.3 Å². The Bertz CT molecular complexity index is 1590. The number of rotatable bonds is 10. The van der Waals surface area contributed by atoms with Crippen molar-refractivity contribution in [3.8, 4) is 11.5 Å². The van der Waals surface area contributed by atoms with Crippen LogP contribution in [0.2, 0.25) is 10.0 Å². The van der Waals surface area contributed by atoms with Crippen LogP contribution in [0.4, 0.5) is 10.1 Å². The summed E-state index contributed by atoms with van der Waals surface area (Å²) in [6, 6.07) is 11.5. The van der Waals surface area contributed by atoms with E-state index in [0.717, 1.165) is 24.5 Å². The summed E-state index contributed by atoms with van der Waals surface area (Å²) < 4.78 is 49.9. The molecule has 0 amide bonds. The molecule has 212 valence electrons. The Morgan fingerprint density at radius 1 is 1.00 bits per heavy atom. The van der Waals surface area contributed by atoms with Crippen LogP contribution >= 0.6 is 23.2 Å². The van der Waals surface area contributed by atoms with E-state index in [4.69, 9.17) is 27.9 Å². The topological polar surface area (TPSA) is 89.5 Å².